The molecule has 0 spiro atoms. The fourth-order valence-electron chi connectivity index (χ4n) is 7.35. The Morgan fingerprint density at radius 3 is 1.90 bits per heavy atom. The van der Waals surface area contributed by atoms with Crippen LogP contribution in [0, 0.1) is 12.1 Å². The minimum absolute atomic E-state index is 0. The number of benzene rings is 6. The molecule has 4 heteroatoms. The molecule has 0 saturated heterocycles. The molecule has 2 nitrogen and oxygen atoms in total. The molecule has 0 N–H and O–H groups in total. The van der Waals surface area contributed by atoms with Crippen LogP contribution < -0.4 is 20.7 Å². The molecular formula is C44H34IrN2Si-2. The van der Waals surface area contributed by atoms with Crippen LogP contribution in [-0.4, -0.2) is 18.0 Å². The summed E-state index contributed by atoms with van der Waals surface area (Å²) in [6.45, 7) is 6.64. The van der Waals surface area contributed by atoms with Gasteiger partial charge in [-0.05, 0) is 55.1 Å². The summed E-state index contributed by atoms with van der Waals surface area (Å²) in [5, 5.41) is 12.2. The Hall–Kier alpha value is -4.73. The fourth-order valence-corrected chi connectivity index (χ4v) is 12.5. The number of hydrogen-bond donors (Lipinski definition) is 0. The van der Waals surface area contributed by atoms with Gasteiger partial charge in [-0.15, -0.1) is 64.2 Å². The molecule has 0 saturated carbocycles. The second-order valence-corrected chi connectivity index (χ2v) is 16.9. The Morgan fingerprint density at radius 2 is 1.21 bits per heavy atom. The predicted molar refractivity (Wildman–Crippen MR) is 200 cm³/mol. The monoisotopic (exact) mass is 811 g/mol. The Morgan fingerprint density at radius 1 is 0.562 bits per heavy atom. The third-order valence-corrected chi connectivity index (χ3v) is 14.3. The van der Waals surface area contributed by atoms with Crippen molar-refractivity contribution in [2.45, 2.75) is 26.2 Å². The number of pyridine rings is 2. The van der Waals surface area contributed by atoms with Crippen LogP contribution in [0.4, 0.5) is 0 Å². The molecule has 0 fully saturated rings. The number of nitrogens with zero attached hydrogens (tertiary/aromatic N) is 2. The van der Waals surface area contributed by atoms with Crippen LogP contribution in [0.3, 0.4) is 0 Å². The summed E-state index contributed by atoms with van der Waals surface area (Å²) in [4.78, 5) is 9.14. The maximum absolute atomic E-state index is 4.80. The van der Waals surface area contributed by atoms with Crippen LogP contribution >= 0.6 is 0 Å². The zero-order valence-electron chi connectivity index (χ0n) is 27.2. The van der Waals surface area contributed by atoms with Crippen LogP contribution in [0.2, 0.25) is 0 Å². The van der Waals surface area contributed by atoms with Crippen molar-refractivity contribution in [3.8, 4) is 11.3 Å². The molecule has 1 aliphatic rings. The third-order valence-electron chi connectivity index (χ3n) is 9.48. The van der Waals surface area contributed by atoms with Gasteiger partial charge in [0.05, 0.1) is 0 Å². The van der Waals surface area contributed by atoms with Crippen molar-refractivity contribution in [1.82, 2.24) is 9.97 Å². The van der Waals surface area contributed by atoms with Crippen LogP contribution in [-0.2, 0) is 25.5 Å². The molecule has 235 valence electrons. The van der Waals surface area contributed by atoms with E-state index in [4.69, 9.17) is 4.98 Å². The van der Waals surface area contributed by atoms with Gasteiger partial charge in [0.25, 0.3) is 0 Å². The number of rotatable bonds is 3. The van der Waals surface area contributed by atoms with E-state index in [2.05, 4.69) is 147 Å². The van der Waals surface area contributed by atoms with E-state index in [1.165, 1.54) is 47.9 Å². The van der Waals surface area contributed by atoms with Gasteiger partial charge in [0.1, 0.15) is 0 Å². The molecule has 6 aromatic carbocycles. The van der Waals surface area contributed by atoms with Crippen LogP contribution in [0.5, 0.6) is 0 Å². The number of aromatic nitrogens is 2. The van der Waals surface area contributed by atoms with Gasteiger partial charge in [0.15, 0.2) is 8.07 Å². The first-order valence-electron chi connectivity index (χ1n) is 16.2. The first kappa shape index (κ1) is 31.8. The van der Waals surface area contributed by atoms with E-state index in [1.807, 2.05) is 42.7 Å². The molecule has 1 radical (unpaired) electrons. The van der Waals surface area contributed by atoms with Crippen molar-refractivity contribution in [3.05, 3.63) is 170 Å². The van der Waals surface area contributed by atoms with Crippen LogP contribution in [0.25, 0.3) is 43.7 Å². The Labute approximate surface area is 296 Å². The topological polar surface area (TPSA) is 25.8 Å². The predicted octanol–water partition coefficient (Wildman–Crippen LogP) is 7.88. The van der Waals surface area contributed by atoms with E-state index in [1.54, 1.807) is 0 Å². The van der Waals surface area contributed by atoms with E-state index in [9.17, 15) is 0 Å². The molecule has 0 atom stereocenters. The van der Waals surface area contributed by atoms with Gasteiger partial charge in [-0.2, -0.15) is 0 Å². The summed E-state index contributed by atoms with van der Waals surface area (Å²) in [6, 6.07) is 56.8. The molecule has 0 aliphatic carbocycles. The second kappa shape index (κ2) is 12.7. The summed E-state index contributed by atoms with van der Waals surface area (Å²) >= 11 is 0. The zero-order valence-corrected chi connectivity index (χ0v) is 30.6. The quantitative estimate of drug-likeness (QED) is 0.103. The maximum atomic E-state index is 4.80. The second-order valence-electron chi connectivity index (χ2n) is 13.2. The molecule has 0 amide bonds. The Kier molecular flexibility index (Phi) is 8.43. The third kappa shape index (κ3) is 5.12. The molecule has 2 aromatic heterocycles. The van der Waals surface area contributed by atoms with Crippen molar-refractivity contribution in [2.24, 2.45) is 0 Å². The van der Waals surface area contributed by atoms with E-state index in [0.29, 0.717) is 0 Å². The average Bonchev–Trinajstić information content (AvgIpc) is 3.44. The fraction of sp³-hybridized carbons (Fsp3) is 0.0909. The van der Waals surface area contributed by atoms with Crippen molar-refractivity contribution in [3.63, 3.8) is 0 Å². The van der Waals surface area contributed by atoms with Crippen molar-refractivity contribution >= 4 is 61.3 Å². The largest absolute Gasteiger partial charge is 0.305 e. The van der Waals surface area contributed by atoms with Gasteiger partial charge < -0.3 is 9.97 Å². The minimum atomic E-state index is -2.44. The first-order chi connectivity index (χ1) is 23.0. The molecule has 0 bridgehead atoms. The van der Waals surface area contributed by atoms with E-state index in [0.717, 1.165) is 22.2 Å². The van der Waals surface area contributed by atoms with Gasteiger partial charge in [-0.1, -0.05) is 129 Å². The first-order valence-corrected chi connectivity index (χ1v) is 18.2. The van der Waals surface area contributed by atoms with E-state index in [-0.39, 0.29) is 25.5 Å². The standard InChI is InChI=1S/C29H18NSi.C15H16N.Ir/c1-3-10-20(11-4-1)31(21-12-5-2-6-13-21)25-17-7-14-22-23-16-9-19-30-29(23)24-15-8-18-26(31)28(24)27(22)25;1-15(2,3)13-8-6-7-12(11-13)14-9-4-5-10-16-14;/h1-14,16-19H;4-6,8-11H,1-3H3;/q2*-1;. The molecule has 9 rings (SSSR count). The smallest absolute Gasteiger partial charge is 0.161 e. The Bertz CT molecular complexity index is 2260. The SMILES string of the molecule is CC(C)(C)c1cc[c-]c(-c2ccccn2)c1.[Ir].[c-]1ccc2c3c1c1ncccc1c1cccc(c13)[Si]2(c1ccccc1)c1ccccc1. The molecule has 0 unspecified atom stereocenters. The van der Waals surface area contributed by atoms with Gasteiger partial charge in [0.2, 0.25) is 0 Å². The van der Waals surface area contributed by atoms with Crippen LogP contribution in [0.1, 0.15) is 26.3 Å². The number of fused-ring (bicyclic) bond motifs is 3. The molecule has 8 aromatic rings. The van der Waals surface area contributed by atoms with Gasteiger partial charge in [0, 0.05) is 32.5 Å². The summed E-state index contributed by atoms with van der Waals surface area (Å²) in [5.74, 6) is 0. The summed E-state index contributed by atoms with van der Waals surface area (Å²) < 4.78 is 0. The summed E-state index contributed by atoms with van der Waals surface area (Å²) in [7, 11) is -2.44. The van der Waals surface area contributed by atoms with E-state index >= 15 is 0 Å². The summed E-state index contributed by atoms with van der Waals surface area (Å²) in [6.07, 6.45) is 3.71. The van der Waals surface area contributed by atoms with Crippen molar-refractivity contribution < 1.29 is 20.1 Å². The van der Waals surface area contributed by atoms with Gasteiger partial charge in [-0.3, -0.25) is 0 Å². The van der Waals surface area contributed by atoms with Gasteiger partial charge in [-0.25, -0.2) is 0 Å². The average molecular weight is 811 g/mol. The number of hydrogen-bond acceptors (Lipinski definition) is 2. The van der Waals surface area contributed by atoms with Crippen molar-refractivity contribution in [2.75, 3.05) is 0 Å². The van der Waals surface area contributed by atoms with Crippen molar-refractivity contribution in [1.29, 1.82) is 0 Å². The van der Waals surface area contributed by atoms with Crippen LogP contribution in [0.15, 0.2) is 152 Å². The van der Waals surface area contributed by atoms with Gasteiger partial charge >= 0.3 is 0 Å². The molecule has 48 heavy (non-hydrogen) atoms. The minimum Gasteiger partial charge on any atom is -0.305 e. The Balaban J connectivity index is 0.000000183. The zero-order chi connectivity index (χ0) is 32.0. The van der Waals surface area contributed by atoms with E-state index < -0.39 is 8.07 Å². The molecule has 1 aliphatic heterocycles. The summed E-state index contributed by atoms with van der Waals surface area (Å²) in [5.41, 5.74) is 4.57. The molecule has 3 heterocycles. The normalized spacial score (nSPS) is 12.9. The maximum Gasteiger partial charge on any atom is 0.161 e. The molecular weight excluding hydrogens is 777 g/mol.